The van der Waals surface area contributed by atoms with Crippen molar-refractivity contribution in [2.45, 2.75) is 6.42 Å². The predicted octanol–water partition coefficient (Wildman–Crippen LogP) is 2.95. The lowest BCUT2D eigenvalue weighted by atomic mass is 10.0. The van der Waals surface area contributed by atoms with Gasteiger partial charge in [-0.2, -0.15) is 0 Å². The summed E-state index contributed by atoms with van der Waals surface area (Å²) in [6, 6.07) is 10.0. The predicted molar refractivity (Wildman–Crippen MR) is 86.0 cm³/mol. The largest absolute Gasteiger partial charge is 0.496 e. The average molecular weight is 314 g/mol. The first-order chi connectivity index (χ1) is 11.1. The second kappa shape index (κ2) is 7.45. The molecule has 0 atom stereocenters. The number of hydrogen-bond donors (Lipinski definition) is 0. The number of ketones is 1. The van der Waals surface area contributed by atoms with Gasteiger partial charge in [-0.1, -0.05) is 12.1 Å². The van der Waals surface area contributed by atoms with Crippen molar-refractivity contribution in [2.75, 3.05) is 21.3 Å². The third-order valence-electron chi connectivity index (χ3n) is 3.50. The van der Waals surface area contributed by atoms with Gasteiger partial charge in [0.05, 0.1) is 21.3 Å². The maximum absolute atomic E-state index is 12.5. The molecule has 0 fully saturated rings. The molecule has 2 rings (SSSR count). The molecule has 0 aliphatic heterocycles. The molecular weight excluding hydrogens is 296 g/mol. The van der Waals surface area contributed by atoms with Crippen molar-refractivity contribution < 1.29 is 23.8 Å². The summed E-state index contributed by atoms with van der Waals surface area (Å²) in [5, 5.41) is 0. The molecular formula is C18H18O5. The summed E-state index contributed by atoms with van der Waals surface area (Å²) in [6.45, 7) is 0. The quantitative estimate of drug-likeness (QED) is 0.581. The minimum Gasteiger partial charge on any atom is -0.496 e. The number of rotatable bonds is 7. The monoisotopic (exact) mass is 314 g/mol. The fourth-order valence-electron chi connectivity index (χ4n) is 2.27. The van der Waals surface area contributed by atoms with E-state index in [1.165, 1.54) is 14.2 Å². The van der Waals surface area contributed by atoms with E-state index in [2.05, 4.69) is 0 Å². The van der Waals surface area contributed by atoms with Crippen LogP contribution in [0.3, 0.4) is 0 Å². The number of aldehydes is 1. The van der Waals surface area contributed by atoms with E-state index in [0.717, 1.165) is 11.8 Å². The van der Waals surface area contributed by atoms with Crippen molar-refractivity contribution in [3.8, 4) is 17.2 Å². The van der Waals surface area contributed by atoms with Gasteiger partial charge in [0, 0.05) is 23.1 Å². The van der Waals surface area contributed by atoms with Crippen LogP contribution in [0, 0.1) is 0 Å². The normalized spacial score (nSPS) is 10.0. The van der Waals surface area contributed by atoms with Gasteiger partial charge in [-0.25, -0.2) is 0 Å². The van der Waals surface area contributed by atoms with Crippen LogP contribution < -0.4 is 14.2 Å². The fourth-order valence-corrected chi connectivity index (χ4v) is 2.27. The number of benzene rings is 2. The maximum Gasteiger partial charge on any atom is 0.167 e. The standard InChI is InChI=1S/C18H18O5/c1-21-16-7-6-13(10-18(16)23-3)15(20)9-14-5-4-12(11-19)8-17(14)22-2/h4-8,10-11H,9H2,1-3H3. The second-order valence-corrected chi connectivity index (χ2v) is 4.86. The number of hydrogen-bond acceptors (Lipinski definition) is 5. The Kier molecular flexibility index (Phi) is 5.36. The van der Waals surface area contributed by atoms with Crippen molar-refractivity contribution in [1.29, 1.82) is 0 Å². The SMILES string of the molecule is COc1cc(C=O)ccc1CC(=O)c1ccc(OC)c(OC)c1. The van der Waals surface area contributed by atoms with Gasteiger partial charge in [-0.05, 0) is 24.3 Å². The first kappa shape index (κ1) is 16.5. The van der Waals surface area contributed by atoms with Gasteiger partial charge < -0.3 is 14.2 Å². The molecule has 2 aromatic rings. The minimum atomic E-state index is -0.0805. The number of carbonyl (C=O) groups excluding carboxylic acids is 2. The van der Waals surface area contributed by atoms with E-state index in [1.807, 2.05) is 0 Å². The summed E-state index contributed by atoms with van der Waals surface area (Å²) in [7, 11) is 4.57. The number of Topliss-reactive ketones (excluding diaryl/α,β-unsaturated/α-hetero) is 1. The molecule has 0 bridgehead atoms. The van der Waals surface area contributed by atoms with E-state index in [0.29, 0.717) is 28.4 Å². The Labute approximate surface area is 134 Å². The third-order valence-corrected chi connectivity index (χ3v) is 3.50. The highest BCUT2D eigenvalue weighted by Gasteiger charge is 2.14. The van der Waals surface area contributed by atoms with Gasteiger partial charge in [0.2, 0.25) is 0 Å². The Balaban J connectivity index is 2.27. The van der Waals surface area contributed by atoms with E-state index < -0.39 is 0 Å². The van der Waals surface area contributed by atoms with E-state index in [9.17, 15) is 9.59 Å². The van der Waals surface area contributed by atoms with Gasteiger partial charge in [0.15, 0.2) is 17.3 Å². The number of methoxy groups -OCH3 is 3. The summed E-state index contributed by atoms with van der Waals surface area (Å²) in [4.78, 5) is 23.3. The molecule has 0 radical (unpaired) electrons. The van der Waals surface area contributed by atoms with Gasteiger partial charge in [-0.15, -0.1) is 0 Å². The zero-order valence-electron chi connectivity index (χ0n) is 13.3. The summed E-state index contributed by atoms with van der Waals surface area (Å²) in [5.41, 5.74) is 1.74. The lowest BCUT2D eigenvalue weighted by molar-refractivity contribution is 0.0991. The fraction of sp³-hybridized carbons (Fsp3) is 0.222. The molecule has 0 N–H and O–H groups in total. The Morgan fingerprint density at radius 2 is 1.61 bits per heavy atom. The van der Waals surface area contributed by atoms with Gasteiger partial charge in [-0.3, -0.25) is 9.59 Å². The Morgan fingerprint density at radius 3 is 2.22 bits per heavy atom. The average Bonchev–Trinajstić information content (AvgIpc) is 2.61. The van der Waals surface area contributed by atoms with Crippen LogP contribution in [0.25, 0.3) is 0 Å². The minimum absolute atomic E-state index is 0.0805. The topological polar surface area (TPSA) is 61.8 Å². The Bertz CT molecular complexity index is 721. The first-order valence-electron chi connectivity index (χ1n) is 7.00. The molecule has 5 heteroatoms. The number of ether oxygens (including phenoxy) is 3. The highest BCUT2D eigenvalue weighted by atomic mass is 16.5. The summed E-state index contributed by atoms with van der Waals surface area (Å²) in [5.74, 6) is 1.50. The Hall–Kier alpha value is -2.82. The first-order valence-corrected chi connectivity index (χ1v) is 7.00. The third kappa shape index (κ3) is 3.69. The zero-order chi connectivity index (χ0) is 16.8. The lowest BCUT2D eigenvalue weighted by Crippen LogP contribution is -2.06. The molecule has 0 aliphatic rings. The summed E-state index contributed by atoms with van der Waals surface area (Å²) in [6.07, 6.45) is 0.903. The molecule has 0 heterocycles. The van der Waals surface area contributed by atoms with Crippen molar-refractivity contribution >= 4 is 12.1 Å². The molecule has 0 aliphatic carbocycles. The van der Waals surface area contributed by atoms with Crippen LogP contribution in [-0.2, 0) is 6.42 Å². The molecule has 0 saturated heterocycles. The molecule has 120 valence electrons. The molecule has 0 aromatic heterocycles. The van der Waals surface area contributed by atoms with Crippen molar-refractivity contribution in [3.05, 3.63) is 53.1 Å². The maximum atomic E-state index is 12.5. The van der Waals surface area contributed by atoms with E-state index in [4.69, 9.17) is 14.2 Å². The highest BCUT2D eigenvalue weighted by molar-refractivity contribution is 5.98. The van der Waals surface area contributed by atoms with E-state index >= 15 is 0 Å². The van der Waals surface area contributed by atoms with Crippen LogP contribution in [-0.4, -0.2) is 33.4 Å². The summed E-state index contributed by atoms with van der Waals surface area (Å²) >= 11 is 0. The van der Waals surface area contributed by atoms with E-state index in [-0.39, 0.29) is 12.2 Å². The van der Waals surface area contributed by atoms with Gasteiger partial charge in [0.25, 0.3) is 0 Å². The van der Waals surface area contributed by atoms with Crippen LogP contribution >= 0.6 is 0 Å². The smallest absolute Gasteiger partial charge is 0.167 e. The highest BCUT2D eigenvalue weighted by Crippen LogP contribution is 2.29. The van der Waals surface area contributed by atoms with Crippen molar-refractivity contribution in [3.63, 3.8) is 0 Å². The molecule has 0 saturated carbocycles. The van der Waals surface area contributed by atoms with Gasteiger partial charge in [0.1, 0.15) is 12.0 Å². The summed E-state index contributed by atoms with van der Waals surface area (Å²) < 4.78 is 15.6. The van der Waals surface area contributed by atoms with Crippen molar-refractivity contribution in [2.24, 2.45) is 0 Å². The van der Waals surface area contributed by atoms with Crippen LogP contribution in [0.1, 0.15) is 26.3 Å². The molecule has 23 heavy (non-hydrogen) atoms. The number of carbonyl (C=O) groups is 2. The van der Waals surface area contributed by atoms with Crippen LogP contribution in [0.4, 0.5) is 0 Å². The Morgan fingerprint density at radius 1 is 0.913 bits per heavy atom. The second-order valence-electron chi connectivity index (χ2n) is 4.86. The lowest BCUT2D eigenvalue weighted by Gasteiger charge is -2.11. The molecule has 0 unspecified atom stereocenters. The molecule has 2 aromatic carbocycles. The van der Waals surface area contributed by atoms with Crippen LogP contribution in [0.5, 0.6) is 17.2 Å². The van der Waals surface area contributed by atoms with Crippen LogP contribution in [0.2, 0.25) is 0 Å². The molecule has 5 nitrogen and oxygen atoms in total. The van der Waals surface area contributed by atoms with Crippen LogP contribution in [0.15, 0.2) is 36.4 Å². The van der Waals surface area contributed by atoms with E-state index in [1.54, 1.807) is 43.5 Å². The molecule has 0 spiro atoms. The zero-order valence-corrected chi connectivity index (χ0v) is 13.3. The molecule has 0 amide bonds. The van der Waals surface area contributed by atoms with Crippen molar-refractivity contribution in [1.82, 2.24) is 0 Å². The van der Waals surface area contributed by atoms with Gasteiger partial charge >= 0.3 is 0 Å².